The molecule has 0 amide bonds. The number of hydrogen-bond acceptors (Lipinski definition) is 3. The van der Waals surface area contributed by atoms with Crippen LogP contribution in [0.3, 0.4) is 0 Å². The van der Waals surface area contributed by atoms with Crippen molar-refractivity contribution in [1.29, 1.82) is 0 Å². The van der Waals surface area contributed by atoms with E-state index < -0.39 is 0 Å². The molecule has 1 atom stereocenters. The predicted octanol–water partition coefficient (Wildman–Crippen LogP) is 3.77. The van der Waals surface area contributed by atoms with Crippen molar-refractivity contribution in [1.82, 2.24) is 9.69 Å². The molecule has 5 heteroatoms. The van der Waals surface area contributed by atoms with E-state index >= 15 is 0 Å². The van der Waals surface area contributed by atoms with Gasteiger partial charge in [0, 0.05) is 23.3 Å². The standard InChI is InChI=1S/C13H17N3S2/c1-3-4-9(2)15-13(17)16-11-5-6-12-10(7-11)8-14-18-12/h5-9H,3-4H2,1-2H3,(H2,15,16,17)/t9-/m1/s1. The molecule has 96 valence electrons. The van der Waals surface area contributed by atoms with Crippen molar-refractivity contribution in [3.63, 3.8) is 0 Å². The fourth-order valence-electron chi connectivity index (χ4n) is 1.85. The first-order chi connectivity index (χ1) is 8.69. The van der Waals surface area contributed by atoms with Crippen LogP contribution in [-0.2, 0) is 0 Å². The van der Waals surface area contributed by atoms with Gasteiger partial charge < -0.3 is 10.6 Å². The van der Waals surface area contributed by atoms with Crippen LogP contribution in [0.25, 0.3) is 10.1 Å². The molecule has 0 aliphatic carbocycles. The van der Waals surface area contributed by atoms with Gasteiger partial charge in [-0.15, -0.1) is 0 Å². The van der Waals surface area contributed by atoms with Gasteiger partial charge in [-0.2, -0.15) is 4.37 Å². The van der Waals surface area contributed by atoms with Crippen LogP contribution in [0.1, 0.15) is 26.7 Å². The molecular weight excluding hydrogens is 262 g/mol. The summed E-state index contributed by atoms with van der Waals surface area (Å²) in [4.78, 5) is 0. The van der Waals surface area contributed by atoms with E-state index in [1.807, 2.05) is 12.3 Å². The maximum Gasteiger partial charge on any atom is 0.170 e. The Hall–Kier alpha value is -1.20. The number of anilines is 1. The maximum atomic E-state index is 5.29. The highest BCUT2D eigenvalue weighted by atomic mass is 32.1. The minimum Gasteiger partial charge on any atom is -0.360 e. The van der Waals surface area contributed by atoms with Crippen LogP contribution < -0.4 is 10.6 Å². The molecule has 3 nitrogen and oxygen atoms in total. The first kappa shape index (κ1) is 13.2. The number of nitrogens with zero attached hydrogens (tertiary/aromatic N) is 1. The number of nitrogens with one attached hydrogen (secondary N) is 2. The molecule has 0 fully saturated rings. The van der Waals surface area contributed by atoms with E-state index in [-0.39, 0.29) is 0 Å². The highest BCUT2D eigenvalue weighted by Gasteiger charge is 2.04. The molecule has 0 saturated heterocycles. The van der Waals surface area contributed by atoms with E-state index in [1.54, 1.807) is 0 Å². The van der Waals surface area contributed by atoms with Crippen molar-refractivity contribution in [2.24, 2.45) is 0 Å². The Kier molecular flexibility index (Phi) is 4.49. The average molecular weight is 279 g/mol. The largest absolute Gasteiger partial charge is 0.360 e. The summed E-state index contributed by atoms with van der Waals surface area (Å²) in [7, 11) is 0. The lowest BCUT2D eigenvalue weighted by atomic mass is 10.2. The minimum atomic E-state index is 0.404. The molecular formula is C13H17N3S2. The molecule has 2 N–H and O–H groups in total. The van der Waals surface area contributed by atoms with E-state index in [4.69, 9.17) is 12.2 Å². The Bertz CT molecular complexity index is 536. The summed E-state index contributed by atoms with van der Waals surface area (Å²) in [6.07, 6.45) is 4.15. The number of rotatable bonds is 4. The monoisotopic (exact) mass is 279 g/mol. The van der Waals surface area contributed by atoms with Gasteiger partial charge in [0.2, 0.25) is 0 Å². The Balaban J connectivity index is 1.97. The van der Waals surface area contributed by atoms with Crippen molar-refractivity contribution in [3.05, 3.63) is 24.4 Å². The van der Waals surface area contributed by atoms with E-state index in [9.17, 15) is 0 Å². The quantitative estimate of drug-likeness (QED) is 0.835. The van der Waals surface area contributed by atoms with Gasteiger partial charge in [0.05, 0.1) is 4.70 Å². The topological polar surface area (TPSA) is 37.0 Å². The van der Waals surface area contributed by atoms with E-state index in [0.29, 0.717) is 11.2 Å². The van der Waals surface area contributed by atoms with Gasteiger partial charge in [-0.05, 0) is 55.3 Å². The number of aromatic nitrogens is 1. The van der Waals surface area contributed by atoms with Gasteiger partial charge in [0.15, 0.2) is 5.11 Å². The molecule has 1 heterocycles. The molecule has 0 radical (unpaired) electrons. The van der Waals surface area contributed by atoms with Crippen LogP contribution in [0.2, 0.25) is 0 Å². The van der Waals surface area contributed by atoms with Crippen LogP contribution in [0.5, 0.6) is 0 Å². The number of fused-ring (bicyclic) bond motifs is 1. The molecule has 0 aliphatic heterocycles. The summed E-state index contributed by atoms with van der Waals surface area (Å²) in [6.45, 7) is 4.32. The fourth-order valence-corrected chi connectivity index (χ4v) is 2.79. The van der Waals surface area contributed by atoms with Gasteiger partial charge in [-0.25, -0.2) is 0 Å². The van der Waals surface area contributed by atoms with Crippen LogP contribution in [-0.4, -0.2) is 15.5 Å². The van der Waals surface area contributed by atoms with Crippen molar-refractivity contribution < 1.29 is 0 Å². The molecule has 0 saturated carbocycles. The first-order valence-corrected chi connectivity index (χ1v) is 7.29. The maximum absolute atomic E-state index is 5.29. The molecule has 2 rings (SSSR count). The second-order valence-corrected chi connectivity index (χ2v) is 5.61. The Morgan fingerprint density at radius 3 is 3.11 bits per heavy atom. The van der Waals surface area contributed by atoms with Crippen molar-refractivity contribution in [2.75, 3.05) is 5.32 Å². The molecule has 1 aromatic carbocycles. The highest BCUT2D eigenvalue weighted by molar-refractivity contribution is 7.80. The predicted molar refractivity (Wildman–Crippen MR) is 83.3 cm³/mol. The third-order valence-electron chi connectivity index (χ3n) is 2.71. The highest BCUT2D eigenvalue weighted by Crippen LogP contribution is 2.21. The fraction of sp³-hybridized carbons (Fsp3) is 0.385. The summed E-state index contributed by atoms with van der Waals surface area (Å²) in [5, 5.41) is 8.32. The molecule has 18 heavy (non-hydrogen) atoms. The zero-order chi connectivity index (χ0) is 13.0. The van der Waals surface area contributed by atoms with Gasteiger partial charge in [-0.1, -0.05) is 13.3 Å². The molecule has 0 unspecified atom stereocenters. The number of benzene rings is 1. The Morgan fingerprint density at radius 1 is 1.50 bits per heavy atom. The lowest BCUT2D eigenvalue weighted by molar-refractivity contribution is 0.599. The zero-order valence-electron chi connectivity index (χ0n) is 10.6. The molecule has 1 aromatic heterocycles. The Morgan fingerprint density at radius 2 is 2.33 bits per heavy atom. The van der Waals surface area contributed by atoms with Crippen LogP contribution in [0.15, 0.2) is 24.4 Å². The normalized spacial score (nSPS) is 12.3. The summed E-state index contributed by atoms with van der Waals surface area (Å²) < 4.78 is 5.35. The molecule has 0 spiro atoms. The summed E-state index contributed by atoms with van der Waals surface area (Å²) >= 11 is 6.80. The van der Waals surface area contributed by atoms with Crippen molar-refractivity contribution in [3.8, 4) is 0 Å². The van der Waals surface area contributed by atoms with E-state index in [1.165, 1.54) is 16.2 Å². The third kappa shape index (κ3) is 3.40. The smallest absolute Gasteiger partial charge is 0.170 e. The zero-order valence-corrected chi connectivity index (χ0v) is 12.2. The van der Waals surface area contributed by atoms with Gasteiger partial charge in [0.1, 0.15) is 0 Å². The number of thiocarbonyl (C=S) groups is 1. The molecule has 2 aromatic rings. The average Bonchev–Trinajstić information content (AvgIpc) is 2.76. The van der Waals surface area contributed by atoms with Crippen LogP contribution in [0, 0.1) is 0 Å². The summed E-state index contributed by atoms with van der Waals surface area (Å²) in [6, 6.07) is 6.56. The lowest BCUT2D eigenvalue weighted by Gasteiger charge is -2.16. The third-order valence-corrected chi connectivity index (χ3v) is 3.71. The summed E-state index contributed by atoms with van der Waals surface area (Å²) in [5.41, 5.74) is 1.00. The van der Waals surface area contributed by atoms with Crippen LogP contribution in [0.4, 0.5) is 5.69 Å². The summed E-state index contributed by atoms with van der Waals surface area (Å²) in [5.74, 6) is 0. The molecule has 0 bridgehead atoms. The van der Waals surface area contributed by atoms with Gasteiger partial charge in [-0.3, -0.25) is 0 Å². The SMILES string of the molecule is CCC[C@@H](C)NC(=S)Nc1ccc2sncc2c1. The van der Waals surface area contributed by atoms with Gasteiger partial charge >= 0.3 is 0 Å². The van der Waals surface area contributed by atoms with Crippen molar-refractivity contribution >= 4 is 44.6 Å². The second-order valence-electron chi connectivity index (χ2n) is 4.37. The van der Waals surface area contributed by atoms with E-state index in [2.05, 4.69) is 41.0 Å². The molecule has 0 aliphatic rings. The lowest BCUT2D eigenvalue weighted by Crippen LogP contribution is -2.35. The van der Waals surface area contributed by atoms with Crippen molar-refractivity contribution in [2.45, 2.75) is 32.7 Å². The van der Waals surface area contributed by atoms with Gasteiger partial charge in [0.25, 0.3) is 0 Å². The van der Waals surface area contributed by atoms with Crippen LogP contribution >= 0.6 is 23.8 Å². The number of hydrogen-bond donors (Lipinski definition) is 2. The minimum absolute atomic E-state index is 0.404. The van der Waals surface area contributed by atoms with E-state index in [0.717, 1.165) is 23.9 Å². The second kappa shape index (κ2) is 6.11. The first-order valence-electron chi connectivity index (χ1n) is 6.11. The Labute approximate surface area is 117 Å².